The van der Waals surface area contributed by atoms with Crippen molar-refractivity contribution in [2.75, 3.05) is 0 Å². The molecule has 1 atom stereocenters. The summed E-state index contributed by atoms with van der Waals surface area (Å²) < 4.78 is 0. The third-order valence-corrected chi connectivity index (χ3v) is 3.65. The Bertz CT molecular complexity index is 608. The highest BCUT2D eigenvalue weighted by Gasteiger charge is 2.32. The van der Waals surface area contributed by atoms with Crippen molar-refractivity contribution in [3.63, 3.8) is 0 Å². The minimum absolute atomic E-state index is 0.0543. The largest absolute Gasteiger partial charge is 0.507 e. The number of aromatic hydroxyl groups is 1. The molecule has 118 valence electrons. The summed E-state index contributed by atoms with van der Waals surface area (Å²) in [6.45, 7) is 5.88. The summed E-state index contributed by atoms with van der Waals surface area (Å²) in [7, 11) is 0. The van der Waals surface area contributed by atoms with Crippen molar-refractivity contribution in [3.05, 3.63) is 47.2 Å². The molecule has 1 aliphatic carbocycles. The summed E-state index contributed by atoms with van der Waals surface area (Å²) in [6.07, 6.45) is 4.62. The summed E-state index contributed by atoms with van der Waals surface area (Å²) in [6, 6.07) is 6.79. The quantitative estimate of drug-likeness (QED) is 0.744. The number of nitrogens with two attached hydrogens (primary N) is 1. The smallest absolute Gasteiger partial charge is 0.133 e. The standard InChI is InChI=1S/C16H18N2O2.C2H6/c1-10(12-4-5-13(9-18)15(19)8-12)14(6-7-17)16(20)11-2-3-11;1-2/h4-8,11,16,19-20H,2-3,17H2,1H3;1-2H3/b7-6-,14-10-;. The molecule has 1 aromatic rings. The number of aliphatic hydroxyl groups excluding tert-OH is 1. The van der Waals surface area contributed by atoms with Gasteiger partial charge >= 0.3 is 0 Å². The first-order valence-corrected chi connectivity index (χ1v) is 7.59. The van der Waals surface area contributed by atoms with E-state index in [1.54, 1.807) is 18.2 Å². The summed E-state index contributed by atoms with van der Waals surface area (Å²) in [5.41, 5.74) is 8.09. The second-order valence-corrected chi connectivity index (χ2v) is 5.07. The topological polar surface area (TPSA) is 90.3 Å². The molecule has 1 saturated carbocycles. The average molecular weight is 300 g/mol. The van der Waals surface area contributed by atoms with Gasteiger partial charge in [0.25, 0.3) is 0 Å². The number of allylic oxidation sites excluding steroid dienone is 1. The van der Waals surface area contributed by atoms with E-state index in [1.807, 2.05) is 26.8 Å². The van der Waals surface area contributed by atoms with Gasteiger partial charge in [0.15, 0.2) is 0 Å². The molecule has 1 aromatic carbocycles. The van der Waals surface area contributed by atoms with Gasteiger partial charge in [0.2, 0.25) is 0 Å². The van der Waals surface area contributed by atoms with Crippen LogP contribution in [0, 0.1) is 17.2 Å². The highest BCUT2D eigenvalue weighted by atomic mass is 16.3. The van der Waals surface area contributed by atoms with Gasteiger partial charge in [-0.15, -0.1) is 0 Å². The van der Waals surface area contributed by atoms with Gasteiger partial charge in [-0.25, -0.2) is 0 Å². The Hall–Kier alpha value is -2.25. The SMILES string of the molecule is C/C(=C(\C=C/N)C(O)C1CC1)c1ccc(C#N)c(O)c1.CC. The Labute approximate surface area is 132 Å². The molecule has 0 aliphatic heterocycles. The van der Waals surface area contributed by atoms with Gasteiger partial charge in [-0.1, -0.05) is 19.9 Å². The van der Waals surface area contributed by atoms with Crippen LogP contribution in [0.5, 0.6) is 5.75 Å². The van der Waals surface area contributed by atoms with Crippen LogP contribution in [-0.4, -0.2) is 16.3 Å². The van der Waals surface area contributed by atoms with Crippen molar-refractivity contribution in [2.24, 2.45) is 11.7 Å². The van der Waals surface area contributed by atoms with E-state index in [2.05, 4.69) is 0 Å². The first-order valence-electron chi connectivity index (χ1n) is 7.59. The lowest BCUT2D eigenvalue weighted by molar-refractivity contribution is 0.191. The Morgan fingerprint density at radius 1 is 1.41 bits per heavy atom. The van der Waals surface area contributed by atoms with Gasteiger partial charge in [0, 0.05) is 0 Å². The highest BCUT2D eigenvalue weighted by molar-refractivity contribution is 5.72. The maximum absolute atomic E-state index is 10.3. The molecule has 1 fully saturated rings. The number of aliphatic hydroxyl groups is 1. The van der Waals surface area contributed by atoms with Gasteiger partial charge in [0.1, 0.15) is 11.8 Å². The lowest BCUT2D eigenvalue weighted by Gasteiger charge is -2.15. The normalized spacial score (nSPS) is 16.3. The van der Waals surface area contributed by atoms with Gasteiger partial charge < -0.3 is 15.9 Å². The Balaban J connectivity index is 0.00000116. The van der Waals surface area contributed by atoms with Crippen LogP contribution in [0.4, 0.5) is 0 Å². The second kappa shape index (κ2) is 8.26. The molecular weight excluding hydrogens is 276 g/mol. The van der Waals surface area contributed by atoms with Crippen LogP contribution in [-0.2, 0) is 0 Å². The second-order valence-electron chi connectivity index (χ2n) is 5.07. The molecule has 0 amide bonds. The van der Waals surface area contributed by atoms with Crippen molar-refractivity contribution in [1.82, 2.24) is 0 Å². The summed E-state index contributed by atoms with van der Waals surface area (Å²) >= 11 is 0. The number of hydrogen-bond acceptors (Lipinski definition) is 4. The number of phenols is 1. The van der Waals surface area contributed by atoms with Gasteiger partial charge in [0.05, 0.1) is 11.7 Å². The van der Waals surface area contributed by atoms with Crippen LogP contribution >= 0.6 is 0 Å². The molecule has 0 saturated heterocycles. The van der Waals surface area contributed by atoms with E-state index in [-0.39, 0.29) is 11.3 Å². The third kappa shape index (κ3) is 4.12. The average Bonchev–Trinajstić information content (AvgIpc) is 3.38. The van der Waals surface area contributed by atoms with Crippen molar-refractivity contribution in [3.8, 4) is 11.8 Å². The molecule has 2 rings (SSSR count). The first-order chi connectivity index (χ1) is 10.6. The first kappa shape index (κ1) is 17.8. The Morgan fingerprint density at radius 2 is 2.05 bits per heavy atom. The molecule has 0 radical (unpaired) electrons. The fourth-order valence-electron chi connectivity index (χ4n) is 2.24. The number of nitriles is 1. The van der Waals surface area contributed by atoms with E-state index in [0.29, 0.717) is 5.92 Å². The fourth-order valence-corrected chi connectivity index (χ4v) is 2.24. The molecule has 1 aliphatic rings. The molecule has 4 N–H and O–H groups in total. The van der Waals surface area contributed by atoms with Crippen molar-refractivity contribution < 1.29 is 10.2 Å². The van der Waals surface area contributed by atoms with Crippen LogP contribution < -0.4 is 5.73 Å². The molecule has 4 nitrogen and oxygen atoms in total. The van der Waals surface area contributed by atoms with Gasteiger partial charge in [-0.05, 0) is 66.8 Å². The predicted molar refractivity (Wildman–Crippen MR) is 88.8 cm³/mol. The predicted octanol–water partition coefficient (Wildman–Crippen LogP) is 3.31. The number of hydrogen-bond donors (Lipinski definition) is 3. The van der Waals surface area contributed by atoms with Crippen LogP contribution in [0.2, 0.25) is 0 Å². The number of rotatable bonds is 4. The number of nitrogens with zero attached hydrogens (tertiary/aromatic N) is 1. The number of benzene rings is 1. The van der Waals surface area contributed by atoms with Crippen LogP contribution in [0.25, 0.3) is 5.57 Å². The van der Waals surface area contributed by atoms with E-state index in [9.17, 15) is 10.2 Å². The minimum atomic E-state index is -0.535. The van der Waals surface area contributed by atoms with Crippen molar-refractivity contribution in [2.45, 2.75) is 39.7 Å². The van der Waals surface area contributed by atoms with Crippen LogP contribution in [0.1, 0.15) is 44.7 Å². The monoisotopic (exact) mass is 300 g/mol. The minimum Gasteiger partial charge on any atom is -0.507 e. The molecule has 22 heavy (non-hydrogen) atoms. The maximum Gasteiger partial charge on any atom is 0.133 e. The van der Waals surface area contributed by atoms with E-state index in [4.69, 9.17) is 11.0 Å². The zero-order chi connectivity index (χ0) is 16.7. The summed E-state index contributed by atoms with van der Waals surface area (Å²) in [4.78, 5) is 0. The Kier molecular flexibility index (Phi) is 6.68. The molecule has 0 aromatic heterocycles. The number of phenolic OH excluding ortho intramolecular Hbond substituents is 1. The summed E-state index contributed by atoms with van der Waals surface area (Å²) in [5, 5.41) is 28.9. The van der Waals surface area contributed by atoms with Crippen molar-refractivity contribution in [1.29, 1.82) is 5.26 Å². The zero-order valence-corrected chi connectivity index (χ0v) is 13.4. The molecule has 4 heteroatoms. The zero-order valence-electron chi connectivity index (χ0n) is 13.4. The van der Waals surface area contributed by atoms with E-state index in [1.165, 1.54) is 12.3 Å². The Morgan fingerprint density at radius 3 is 2.50 bits per heavy atom. The van der Waals surface area contributed by atoms with E-state index in [0.717, 1.165) is 29.6 Å². The van der Waals surface area contributed by atoms with Gasteiger partial charge in [-0.3, -0.25) is 0 Å². The highest BCUT2D eigenvalue weighted by Crippen LogP contribution is 2.38. The van der Waals surface area contributed by atoms with Crippen LogP contribution in [0.15, 0.2) is 36.0 Å². The molecular formula is C18H24N2O2. The van der Waals surface area contributed by atoms with Crippen molar-refractivity contribution >= 4 is 5.57 Å². The maximum atomic E-state index is 10.3. The lowest BCUT2D eigenvalue weighted by atomic mass is 9.94. The fraction of sp³-hybridized carbons (Fsp3) is 0.389. The third-order valence-electron chi connectivity index (χ3n) is 3.65. The molecule has 0 bridgehead atoms. The van der Waals surface area contributed by atoms with Gasteiger partial charge in [-0.2, -0.15) is 5.26 Å². The summed E-state index contributed by atoms with van der Waals surface area (Å²) in [5.74, 6) is 0.240. The molecule has 0 heterocycles. The molecule has 0 spiro atoms. The lowest BCUT2D eigenvalue weighted by Crippen LogP contribution is -2.13. The van der Waals surface area contributed by atoms with E-state index < -0.39 is 6.10 Å². The van der Waals surface area contributed by atoms with E-state index >= 15 is 0 Å². The molecule has 1 unspecified atom stereocenters. The van der Waals surface area contributed by atoms with Crippen LogP contribution in [0.3, 0.4) is 0 Å².